The number of hydrogen-bond acceptors (Lipinski definition) is 2. The predicted octanol–water partition coefficient (Wildman–Crippen LogP) is 1.50. The number of H-pyrrole nitrogens is 1. The van der Waals surface area contributed by atoms with E-state index in [2.05, 4.69) is 4.98 Å². The molecule has 0 aliphatic carbocycles. The van der Waals surface area contributed by atoms with E-state index in [1.165, 1.54) is 0 Å². The Bertz CT molecular complexity index is 350. The van der Waals surface area contributed by atoms with Crippen LogP contribution in [0.4, 0.5) is 14.6 Å². The van der Waals surface area contributed by atoms with Crippen molar-refractivity contribution < 1.29 is 8.78 Å². The number of halogens is 3. The molecule has 1 aromatic rings. The number of aromatic amines is 1. The van der Waals surface area contributed by atoms with E-state index in [1.54, 1.807) is 22.6 Å². The van der Waals surface area contributed by atoms with E-state index in [1.807, 2.05) is 0 Å². The van der Waals surface area contributed by atoms with Crippen LogP contribution < -0.4 is 11.2 Å². The van der Waals surface area contributed by atoms with Crippen molar-refractivity contribution in [2.75, 3.05) is 5.73 Å². The molecular weight excluding hydrogens is 281 g/mol. The minimum Gasteiger partial charge on any atom is -0.385 e. The van der Waals surface area contributed by atoms with Crippen molar-refractivity contribution in [2.24, 2.45) is 0 Å². The predicted molar refractivity (Wildman–Crippen MR) is 49.1 cm³/mol. The summed E-state index contributed by atoms with van der Waals surface area (Å²) in [5.41, 5.74) is 3.79. The van der Waals surface area contributed by atoms with Gasteiger partial charge in [-0.05, 0) is 22.6 Å². The van der Waals surface area contributed by atoms with Crippen molar-refractivity contribution in [3.05, 3.63) is 25.6 Å². The van der Waals surface area contributed by atoms with Gasteiger partial charge in [-0.1, -0.05) is 0 Å². The molecule has 12 heavy (non-hydrogen) atoms. The van der Waals surface area contributed by atoms with Crippen LogP contribution in [-0.4, -0.2) is 4.98 Å². The summed E-state index contributed by atoms with van der Waals surface area (Å²) in [5, 5.41) is 0. The van der Waals surface area contributed by atoms with Crippen LogP contribution in [-0.2, 0) is 0 Å². The van der Waals surface area contributed by atoms with E-state index in [0.717, 1.165) is 6.07 Å². The molecule has 0 bridgehead atoms. The van der Waals surface area contributed by atoms with Crippen LogP contribution >= 0.6 is 22.6 Å². The smallest absolute Gasteiger partial charge is 0.271 e. The lowest BCUT2D eigenvalue weighted by Gasteiger charge is -2.02. The third kappa shape index (κ3) is 1.74. The maximum Gasteiger partial charge on any atom is 0.271 e. The van der Waals surface area contributed by atoms with Crippen molar-refractivity contribution >= 4 is 28.4 Å². The Morgan fingerprint density at radius 1 is 1.58 bits per heavy atom. The molecule has 0 aliphatic rings. The molecule has 66 valence electrons. The summed E-state index contributed by atoms with van der Waals surface area (Å²) in [7, 11) is 0. The molecule has 0 radical (unpaired) electrons. The molecule has 0 fully saturated rings. The number of anilines is 1. The molecule has 0 atom stereocenters. The fourth-order valence-electron chi connectivity index (χ4n) is 0.783. The van der Waals surface area contributed by atoms with Crippen LogP contribution in [0.1, 0.15) is 12.0 Å². The molecule has 0 aliphatic heterocycles. The second-order valence-electron chi connectivity index (χ2n) is 2.11. The first kappa shape index (κ1) is 9.43. The minimum absolute atomic E-state index is 0.262. The van der Waals surface area contributed by atoms with Crippen molar-refractivity contribution in [1.82, 2.24) is 4.98 Å². The normalized spacial score (nSPS) is 10.7. The second kappa shape index (κ2) is 3.38. The van der Waals surface area contributed by atoms with Crippen LogP contribution in [0.25, 0.3) is 0 Å². The monoisotopic (exact) mass is 286 g/mol. The van der Waals surface area contributed by atoms with E-state index >= 15 is 0 Å². The molecule has 0 unspecified atom stereocenters. The van der Waals surface area contributed by atoms with E-state index in [9.17, 15) is 13.6 Å². The van der Waals surface area contributed by atoms with Gasteiger partial charge in [-0.25, -0.2) is 8.78 Å². The standard InChI is InChI=1S/C6H5F2IN2O/c7-5(8)4-2(12)1-3(9)11-6(4)10/h1,5H,(H3,10,11,12). The molecule has 3 N–H and O–H groups in total. The van der Waals surface area contributed by atoms with Gasteiger partial charge < -0.3 is 10.7 Å². The third-order valence-electron chi connectivity index (χ3n) is 1.29. The van der Waals surface area contributed by atoms with Gasteiger partial charge in [0.15, 0.2) is 5.43 Å². The Kier molecular flexibility index (Phi) is 2.65. The van der Waals surface area contributed by atoms with Crippen LogP contribution in [0.5, 0.6) is 0 Å². The lowest BCUT2D eigenvalue weighted by Crippen LogP contribution is -2.14. The maximum absolute atomic E-state index is 12.1. The zero-order valence-corrected chi connectivity index (χ0v) is 7.93. The first-order valence-corrected chi connectivity index (χ1v) is 4.06. The lowest BCUT2D eigenvalue weighted by molar-refractivity contribution is 0.150. The lowest BCUT2D eigenvalue weighted by atomic mass is 10.2. The second-order valence-corrected chi connectivity index (χ2v) is 3.27. The molecule has 0 saturated carbocycles. The topological polar surface area (TPSA) is 58.9 Å². The molecule has 1 aromatic heterocycles. The molecule has 0 amide bonds. The Morgan fingerprint density at radius 2 is 2.17 bits per heavy atom. The molecule has 1 rings (SSSR count). The van der Waals surface area contributed by atoms with Crippen molar-refractivity contribution in [1.29, 1.82) is 0 Å². The number of alkyl halides is 2. The highest BCUT2D eigenvalue weighted by atomic mass is 127. The van der Waals surface area contributed by atoms with Crippen LogP contribution in [0.3, 0.4) is 0 Å². The summed E-state index contributed by atoms with van der Waals surface area (Å²) >= 11 is 1.79. The van der Waals surface area contributed by atoms with Gasteiger partial charge in [0.05, 0.1) is 3.70 Å². The molecule has 3 nitrogen and oxygen atoms in total. The zero-order chi connectivity index (χ0) is 9.30. The van der Waals surface area contributed by atoms with E-state index < -0.39 is 17.4 Å². The van der Waals surface area contributed by atoms with Crippen molar-refractivity contribution in [3.8, 4) is 0 Å². The van der Waals surface area contributed by atoms with Gasteiger partial charge in [-0.2, -0.15) is 0 Å². The minimum atomic E-state index is -2.83. The Balaban J connectivity index is 3.39. The van der Waals surface area contributed by atoms with Crippen LogP contribution in [0.15, 0.2) is 10.9 Å². The van der Waals surface area contributed by atoms with Gasteiger partial charge in [-0.15, -0.1) is 0 Å². The molecule has 0 aromatic carbocycles. The quantitative estimate of drug-likeness (QED) is 0.607. The molecule has 1 heterocycles. The number of nitrogen functional groups attached to an aromatic ring is 1. The molecule has 0 spiro atoms. The average molecular weight is 286 g/mol. The fraction of sp³-hybridized carbons (Fsp3) is 0.167. The van der Waals surface area contributed by atoms with Gasteiger partial charge in [0.2, 0.25) is 0 Å². The Morgan fingerprint density at radius 3 is 2.58 bits per heavy atom. The number of nitrogens with two attached hydrogens (primary N) is 1. The van der Waals surface area contributed by atoms with Gasteiger partial charge >= 0.3 is 0 Å². The van der Waals surface area contributed by atoms with Gasteiger partial charge in [0.1, 0.15) is 11.4 Å². The van der Waals surface area contributed by atoms with E-state index in [4.69, 9.17) is 5.73 Å². The average Bonchev–Trinajstić information content (AvgIpc) is 1.82. The largest absolute Gasteiger partial charge is 0.385 e. The summed E-state index contributed by atoms with van der Waals surface area (Å²) in [6.45, 7) is 0. The highest BCUT2D eigenvalue weighted by Crippen LogP contribution is 2.19. The van der Waals surface area contributed by atoms with Crippen molar-refractivity contribution in [2.45, 2.75) is 6.43 Å². The van der Waals surface area contributed by atoms with Crippen LogP contribution in [0, 0.1) is 3.70 Å². The Labute approximate surface area is 80.1 Å². The van der Waals surface area contributed by atoms with E-state index in [0.29, 0.717) is 3.70 Å². The first-order valence-electron chi connectivity index (χ1n) is 2.98. The summed E-state index contributed by atoms with van der Waals surface area (Å²) in [6.07, 6.45) is -2.83. The van der Waals surface area contributed by atoms with Crippen molar-refractivity contribution in [3.63, 3.8) is 0 Å². The number of pyridine rings is 1. The van der Waals surface area contributed by atoms with Crippen LogP contribution in [0.2, 0.25) is 0 Å². The highest BCUT2D eigenvalue weighted by Gasteiger charge is 2.16. The number of rotatable bonds is 1. The van der Waals surface area contributed by atoms with E-state index in [-0.39, 0.29) is 5.82 Å². The summed E-state index contributed by atoms with van der Waals surface area (Å²) in [6, 6.07) is 1.08. The highest BCUT2D eigenvalue weighted by molar-refractivity contribution is 14.1. The number of nitrogens with one attached hydrogen (secondary N) is 1. The maximum atomic E-state index is 12.1. The summed E-state index contributed by atoms with van der Waals surface area (Å²) in [5.74, 6) is -0.262. The number of aromatic nitrogens is 1. The van der Waals surface area contributed by atoms with Gasteiger partial charge in [-0.3, -0.25) is 4.79 Å². The fourth-order valence-corrected chi connectivity index (χ4v) is 1.36. The number of hydrogen-bond donors (Lipinski definition) is 2. The third-order valence-corrected chi connectivity index (χ3v) is 1.87. The molecule has 0 saturated heterocycles. The molecule has 6 heteroatoms. The Hall–Kier alpha value is -0.660. The zero-order valence-electron chi connectivity index (χ0n) is 5.77. The first-order chi connectivity index (χ1) is 5.52. The summed E-state index contributed by atoms with van der Waals surface area (Å²) in [4.78, 5) is 13.4. The molecular formula is C6H5F2IN2O. The summed E-state index contributed by atoms with van der Waals surface area (Å²) < 4.78 is 24.7. The SMILES string of the molecule is Nc1[nH]c(I)cc(=O)c1C(F)F. The van der Waals surface area contributed by atoms with Gasteiger partial charge in [0, 0.05) is 6.07 Å². The van der Waals surface area contributed by atoms with Gasteiger partial charge in [0.25, 0.3) is 6.43 Å².